The summed E-state index contributed by atoms with van der Waals surface area (Å²) in [5.41, 5.74) is 5.24. The van der Waals surface area contributed by atoms with Gasteiger partial charge in [0.25, 0.3) is 0 Å². The molecule has 0 saturated heterocycles. The lowest BCUT2D eigenvalue weighted by atomic mass is 9.74. The van der Waals surface area contributed by atoms with Crippen molar-refractivity contribution >= 4 is 5.91 Å². The monoisotopic (exact) mass is 386 g/mol. The van der Waals surface area contributed by atoms with Gasteiger partial charge in [0.2, 0.25) is 5.91 Å². The van der Waals surface area contributed by atoms with Crippen molar-refractivity contribution in [3.63, 3.8) is 0 Å². The molecule has 0 unspecified atom stereocenters. The van der Waals surface area contributed by atoms with E-state index in [0.29, 0.717) is 12.2 Å². The van der Waals surface area contributed by atoms with Crippen LogP contribution in [0.5, 0.6) is 0 Å². The third-order valence-corrected chi connectivity index (χ3v) is 5.40. The highest BCUT2D eigenvalue weighted by molar-refractivity contribution is 5.79. The molecule has 0 saturated carbocycles. The number of benzene rings is 1. The van der Waals surface area contributed by atoms with E-state index in [4.69, 9.17) is 4.98 Å². The number of aryl methyl sites for hydroxylation is 1. The van der Waals surface area contributed by atoms with Crippen LogP contribution in [0.4, 0.5) is 0 Å². The van der Waals surface area contributed by atoms with Gasteiger partial charge in [-0.05, 0) is 42.9 Å². The van der Waals surface area contributed by atoms with Crippen molar-refractivity contribution < 1.29 is 4.79 Å². The molecule has 0 bridgehead atoms. The number of aromatic nitrogens is 3. The Morgan fingerprint density at radius 3 is 2.76 bits per heavy atom. The smallest absolute Gasteiger partial charge is 0.224 e. The van der Waals surface area contributed by atoms with Crippen molar-refractivity contribution in [2.24, 2.45) is 5.41 Å². The Bertz CT molecular complexity index is 1030. The molecule has 1 aliphatic carbocycles. The number of pyridine rings is 1. The second kappa shape index (κ2) is 7.74. The van der Waals surface area contributed by atoms with Gasteiger partial charge in [-0.3, -0.25) is 9.78 Å². The summed E-state index contributed by atoms with van der Waals surface area (Å²) in [7, 11) is 0. The molecule has 4 rings (SSSR count). The molecule has 29 heavy (non-hydrogen) atoms. The molecule has 2 aromatic heterocycles. The first-order chi connectivity index (χ1) is 13.9. The summed E-state index contributed by atoms with van der Waals surface area (Å²) >= 11 is 0. The Morgan fingerprint density at radius 1 is 1.21 bits per heavy atom. The van der Waals surface area contributed by atoms with E-state index in [1.165, 1.54) is 0 Å². The van der Waals surface area contributed by atoms with Crippen LogP contribution in [0.2, 0.25) is 0 Å². The number of nitrogens with zero attached hydrogens (tertiary/aromatic N) is 3. The van der Waals surface area contributed by atoms with Crippen molar-refractivity contribution in [1.82, 2.24) is 20.3 Å². The molecule has 1 amide bonds. The van der Waals surface area contributed by atoms with Crippen molar-refractivity contribution in [3.8, 4) is 11.4 Å². The van der Waals surface area contributed by atoms with Gasteiger partial charge in [-0.1, -0.05) is 43.7 Å². The highest BCUT2D eigenvalue weighted by atomic mass is 16.1. The first-order valence-electron chi connectivity index (χ1n) is 10.0. The highest BCUT2D eigenvalue weighted by Gasteiger charge is 2.34. The molecule has 5 heteroatoms. The maximum Gasteiger partial charge on any atom is 0.224 e. The zero-order valence-corrected chi connectivity index (χ0v) is 17.1. The lowest BCUT2D eigenvalue weighted by Crippen LogP contribution is -2.37. The standard InChI is InChI=1S/C24H26N4O/c1-16-5-4-6-17(11-16)12-22(29)27-20-13-24(2,3)14-21-19(20)15-26-23(28-21)18-7-9-25-10-8-18/h4-11,15,20H,12-14H2,1-3H3,(H,27,29)/t20-/m0/s1. The summed E-state index contributed by atoms with van der Waals surface area (Å²) in [6.45, 7) is 6.49. The number of rotatable bonds is 4. The number of carbonyl (C=O) groups excluding carboxylic acids is 1. The van der Waals surface area contributed by atoms with Crippen molar-refractivity contribution in [2.75, 3.05) is 0 Å². The minimum Gasteiger partial charge on any atom is -0.349 e. The van der Waals surface area contributed by atoms with Gasteiger partial charge >= 0.3 is 0 Å². The van der Waals surface area contributed by atoms with Crippen molar-refractivity contribution in [3.05, 3.63) is 77.4 Å². The average Bonchev–Trinajstić information content (AvgIpc) is 2.67. The third-order valence-electron chi connectivity index (χ3n) is 5.40. The Kier molecular flexibility index (Phi) is 5.14. The van der Waals surface area contributed by atoms with Crippen molar-refractivity contribution in [2.45, 2.75) is 46.1 Å². The van der Waals surface area contributed by atoms with E-state index in [2.05, 4.69) is 35.2 Å². The summed E-state index contributed by atoms with van der Waals surface area (Å²) in [4.78, 5) is 26.2. The van der Waals surface area contributed by atoms with E-state index in [1.807, 2.05) is 43.5 Å². The highest BCUT2D eigenvalue weighted by Crippen LogP contribution is 2.40. The van der Waals surface area contributed by atoms with E-state index in [0.717, 1.165) is 40.8 Å². The molecule has 1 aromatic carbocycles. The number of fused-ring (bicyclic) bond motifs is 1. The van der Waals surface area contributed by atoms with Gasteiger partial charge in [-0.15, -0.1) is 0 Å². The number of hydrogen-bond donors (Lipinski definition) is 1. The quantitative estimate of drug-likeness (QED) is 0.729. The number of amides is 1. The fourth-order valence-corrected chi connectivity index (χ4v) is 4.07. The van der Waals surface area contributed by atoms with Gasteiger partial charge in [0.1, 0.15) is 0 Å². The number of carbonyl (C=O) groups is 1. The van der Waals surface area contributed by atoms with Gasteiger partial charge in [0.05, 0.1) is 18.2 Å². The molecule has 0 radical (unpaired) electrons. The summed E-state index contributed by atoms with van der Waals surface area (Å²) in [5.74, 6) is 0.733. The molecule has 5 nitrogen and oxygen atoms in total. The molecule has 1 atom stereocenters. The second-order valence-electron chi connectivity index (χ2n) is 8.66. The van der Waals surface area contributed by atoms with E-state index in [-0.39, 0.29) is 17.4 Å². The lowest BCUT2D eigenvalue weighted by Gasteiger charge is -2.36. The predicted octanol–water partition coefficient (Wildman–Crippen LogP) is 4.22. The van der Waals surface area contributed by atoms with E-state index in [1.54, 1.807) is 12.4 Å². The maximum absolute atomic E-state index is 12.7. The van der Waals surface area contributed by atoms with E-state index in [9.17, 15) is 4.79 Å². The first kappa shape index (κ1) is 19.2. The zero-order valence-electron chi connectivity index (χ0n) is 17.1. The molecule has 2 heterocycles. The summed E-state index contributed by atoms with van der Waals surface area (Å²) in [6, 6.07) is 11.8. The van der Waals surface area contributed by atoms with Crippen LogP contribution in [0.3, 0.4) is 0 Å². The SMILES string of the molecule is Cc1cccc(CC(=O)N[C@H]2CC(C)(C)Cc3nc(-c4ccncc4)ncc32)c1. The van der Waals surface area contributed by atoms with Crippen molar-refractivity contribution in [1.29, 1.82) is 0 Å². The normalized spacial score (nSPS) is 17.4. The van der Waals surface area contributed by atoms with Gasteiger partial charge in [-0.25, -0.2) is 9.97 Å². The Labute approximate surface area is 171 Å². The topological polar surface area (TPSA) is 67.8 Å². The van der Waals surface area contributed by atoms with Crippen LogP contribution in [0.25, 0.3) is 11.4 Å². The maximum atomic E-state index is 12.7. The Morgan fingerprint density at radius 2 is 2.00 bits per heavy atom. The van der Waals surface area contributed by atoms with Crippen LogP contribution in [-0.4, -0.2) is 20.9 Å². The molecule has 0 spiro atoms. The van der Waals surface area contributed by atoms with Gasteiger partial charge in [0.15, 0.2) is 5.82 Å². The average molecular weight is 386 g/mol. The predicted molar refractivity (Wildman–Crippen MR) is 113 cm³/mol. The summed E-state index contributed by atoms with van der Waals surface area (Å²) in [6.07, 6.45) is 7.49. The molecule has 1 aliphatic rings. The van der Waals surface area contributed by atoms with E-state index >= 15 is 0 Å². The fourth-order valence-electron chi connectivity index (χ4n) is 4.07. The Balaban J connectivity index is 1.58. The summed E-state index contributed by atoms with van der Waals surface area (Å²) in [5, 5.41) is 3.23. The lowest BCUT2D eigenvalue weighted by molar-refractivity contribution is -0.121. The van der Waals surface area contributed by atoms with Gasteiger partial charge in [0, 0.05) is 29.7 Å². The van der Waals surface area contributed by atoms with Crippen LogP contribution in [0, 0.1) is 12.3 Å². The molecular weight excluding hydrogens is 360 g/mol. The molecule has 0 aliphatic heterocycles. The third kappa shape index (κ3) is 4.50. The second-order valence-corrected chi connectivity index (χ2v) is 8.66. The zero-order chi connectivity index (χ0) is 20.4. The van der Waals surface area contributed by atoms with Gasteiger partial charge in [-0.2, -0.15) is 0 Å². The summed E-state index contributed by atoms with van der Waals surface area (Å²) < 4.78 is 0. The number of hydrogen-bond acceptors (Lipinski definition) is 4. The molecule has 148 valence electrons. The molecule has 0 fully saturated rings. The first-order valence-corrected chi connectivity index (χ1v) is 10.0. The van der Waals surface area contributed by atoms with Crippen LogP contribution in [-0.2, 0) is 17.6 Å². The Hall–Kier alpha value is -3.08. The van der Waals surface area contributed by atoms with Crippen LogP contribution < -0.4 is 5.32 Å². The van der Waals surface area contributed by atoms with Crippen LogP contribution in [0.1, 0.15) is 48.7 Å². The largest absolute Gasteiger partial charge is 0.349 e. The molecule has 3 aromatic rings. The molecular formula is C24H26N4O. The fraction of sp³-hybridized carbons (Fsp3) is 0.333. The molecule has 1 N–H and O–H groups in total. The van der Waals surface area contributed by atoms with Crippen LogP contribution in [0.15, 0.2) is 55.0 Å². The van der Waals surface area contributed by atoms with E-state index < -0.39 is 0 Å². The minimum absolute atomic E-state index is 0.0301. The van der Waals surface area contributed by atoms with Crippen LogP contribution >= 0.6 is 0 Å². The minimum atomic E-state index is -0.0717. The van der Waals surface area contributed by atoms with Gasteiger partial charge < -0.3 is 5.32 Å². The number of nitrogens with one attached hydrogen (secondary N) is 1.